The minimum Gasteiger partial charge on any atom is -0.338 e. The molecule has 4 bridgehead atoms. The SMILES string of the molecule is CN(Cc1nc2ccsc2c(=O)[nH]1)C(=O)CC12C[C@H]3C[C@@H](CC(Br)(C3)C1)C2. The largest absolute Gasteiger partial charge is 0.338 e. The Morgan fingerprint density at radius 3 is 2.81 bits per heavy atom. The third kappa shape index (κ3) is 3.16. The predicted octanol–water partition coefficient (Wildman–Crippen LogP) is 4.07. The van der Waals surface area contributed by atoms with E-state index in [0.717, 1.165) is 18.3 Å². The number of hydrogen-bond donors (Lipinski definition) is 1. The Labute approximate surface area is 170 Å². The molecule has 6 rings (SSSR count). The smallest absolute Gasteiger partial charge is 0.268 e. The van der Waals surface area contributed by atoms with Crippen molar-refractivity contribution in [1.82, 2.24) is 14.9 Å². The molecule has 27 heavy (non-hydrogen) atoms. The molecule has 4 saturated carbocycles. The molecule has 0 radical (unpaired) electrons. The van der Waals surface area contributed by atoms with Crippen LogP contribution >= 0.6 is 27.3 Å². The van der Waals surface area contributed by atoms with Crippen molar-refractivity contribution in [3.8, 4) is 0 Å². The third-order valence-corrected chi connectivity index (χ3v) is 8.64. The van der Waals surface area contributed by atoms with Crippen LogP contribution in [-0.2, 0) is 11.3 Å². The summed E-state index contributed by atoms with van der Waals surface area (Å²) < 4.78 is 0.913. The van der Waals surface area contributed by atoms with Gasteiger partial charge in [0.2, 0.25) is 5.91 Å². The van der Waals surface area contributed by atoms with Crippen LogP contribution in [0.5, 0.6) is 0 Å². The van der Waals surface area contributed by atoms with Crippen molar-refractivity contribution >= 4 is 43.4 Å². The van der Waals surface area contributed by atoms with Gasteiger partial charge < -0.3 is 9.88 Å². The fraction of sp³-hybridized carbons (Fsp3) is 0.650. The summed E-state index contributed by atoms with van der Waals surface area (Å²) in [5.41, 5.74) is 0.756. The van der Waals surface area contributed by atoms with E-state index >= 15 is 0 Å². The number of thiophene rings is 1. The molecule has 0 saturated heterocycles. The summed E-state index contributed by atoms with van der Waals surface area (Å²) in [6.45, 7) is 0.349. The third-order valence-electron chi connectivity index (χ3n) is 6.81. The first kappa shape index (κ1) is 17.9. The molecule has 2 atom stereocenters. The lowest BCUT2D eigenvalue weighted by Gasteiger charge is -2.60. The van der Waals surface area contributed by atoms with Crippen molar-refractivity contribution in [2.24, 2.45) is 17.3 Å². The molecule has 0 unspecified atom stereocenters. The Morgan fingerprint density at radius 1 is 1.37 bits per heavy atom. The molecule has 5 nitrogen and oxygen atoms in total. The molecule has 0 aromatic carbocycles. The van der Waals surface area contributed by atoms with Crippen molar-refractivity contribution in [1.29, 1.82) is 0 Å². The highest BCUT2D eigenvalue weighted by atomic mass is 79.9. The van der Waals surface area contributed by atoms with Gasteiger partial charge in [0, 0.05) is 17.8 Å². The molecular formula is C20H24BrN3O2S. The number of carbonyl (C=O) groups excluding carboxylic acids is 1. The number of nitrogens with one attached hydrogen (secondary N) is 1. The highest BCUT2D eigenvalue weighted by Crippen LogP contribution is 2.65. The van der Waals surface area contributed by atoms with E-state index in [1.165, 1.54) is 43.4 Å². The number of alkyl halides is 1. The molecule has 0 spiro atoms. The van der Waals surface area contributed by atoms with Gasteiger partial charge in [0.1, 0.15) is 10.5 Å². The van der Waals surface area contributed by atoms with E-state index in [2.05, 4.69) is 25.9 Å². The van der Waals surface area contributed by atoms with Crippen LogP contribution < -0.4 is 5.56 Å². The minimum atomic E-state index is -0.117. The van der Waals surface area contributed by atoms with E-state index in [0.29, 0.717) is 29.0 Å². The van der Waals surface area contributed by atoms with Gasteiger partial charge in [-0.15, -0.1) is 11.3 Å². The van der Waals surface area contributed by atoms with Gasteiger partial charge in [-0.25, -0.2) is 4.98 Å². The summed E-state index contributed by atoms with van der Waals surface area (Å²) >= 11 is 5.42. The van der Waals surface area contributed by atoms with Gasteiger partial charge in [0.15, 0.2) is 0 Å². The molecular weight excluding hydrogens is 426 g/mol. The minimum absolute atomic E-state index is 0.117. The molecule has 4 aliphatic rings. The molecule has 2 aromatic rings. The van der Waals surface area contributed by atoms with Gasteiger partial charge in [-0.2, -0.15) is 0 Å². The maximum atomic E-state index is 13.0. The lowest BCUT2D eigenvalue weighted by atomic mass is 9.48. The van der Waals surface area contributed by atoms with Crippen LogP contribution in [0.4, 0.5) is 0 Å². The summed E-state index contributed by atoms with van der Waals surface area (Å²) in [5.74, 6) is 2.29. The van der Waals surface area contributed by atoms with Crippen LogP contribution in [-0.4, -0.2) is 32.1 Å². The summed E-state index contributed by atoms with van der Waals surface area (Å²) in [5, 5.41) is 1.87. The lowest BCUT2D eigenvalue weighted by molar-refractivity contribution is -0.137. The summed E-state index contributed by atoms with van der Waals surface area (Å²) in [4.78, 5) is 34.3. The molecule has 144 valence electrons. The van der Waals surface area contributed by atoms with Gasteiger partial charge in [0.05, 0.1) is 12.1 Å². The maximum absolute atomic E-state index is 13.0. The molecule has 4 aliphatic carbocycles. The number of nitrogens with zero attached hydrogens (tertiary/aromatic N) is 2. The van der Waals surface area contributed by atoms with E-state index < -0.39 is 0 Å². The van der Waals surface area contributed by atoms with E-state index in [-0.39, 0.29) is 21.2 Å². The van der Waals surface area contributed by atoms with Crippen molar-refractivity contribution in [2.75, 3.05) is 7.05 Å². The van der Waals surface area contributed by atoms with Gasteiger partial charge in [-0.1, -0.05) is 15.9 Å². The Morgan fingerprint density at radius 2 is 2.11 bits per heavy atom. The molecule has 0 aliphatic heterocycles. The number of H-pyrrole nitrogens is 1. The number of carbonyl (C=O) groups is 1. The molecule has 2 heterocycles. The van der Waals surface area contributed by atoms with E-state index in [9.17, 15) is 9.59 Å². The standard InChI is InChI=1S/C20H24BrN3O2S/c1-24(10-15-22-14-2-3-27-17(14)18(26)23-15)16(25)9-19-5-12-4-13(6-19)8-20(21,7-12)11-19/h2-3,12-13H,4-11H2,1H3,(H,22,23,26)/t12-,13-,19?,20?/m1/s1. The average Bonchev–Trinajstić information content (AvgIpc) is 3.01. The number of fused-ring (bicyclic) bond motifs is 1. The summed E-state index contributed by atoms with van der Waals surface area (Å²) in [6, 6.07) is 1.85. The highest BCUT2D eigenvalue weighted by molar-refractivity contribution is 9.10. The second-order valence-corrected chi connectivity index (χ2v) is 11.8. The zero-order valence-corrected chi connectivity index (χ0v) is 17.9. The number of aromatic amines is 1. The molecule has 2 aromatic heterocycles. The number of halogens is 1. The van der Waals surface area contributed by atoms with Crippen molar-refractivity contribution in [3.05, 3.63) is 27.6 Å². The number of amides is 1. The number of aromatic nitrogens is 2. The Hall–Kier alpha value is -1.21. The average molecular weight is 450 g/mol. The van der Waals surface area contributed by atoms with Crippen LogP contribution in [0.2, 0.25) is 0 Å². The predicted molar refractivity (Wildman–Crippen MR) is 110 cm³/mol. The highest BCUT2D eigenvalue weighted by Gasteiger charge is 2.57. The summed E-state index contributed by atoms with van der Waals surface area (Å²) in [7, 11) is 1.82. The lowest BCUT2D eigenvalue weighted by Crippen LogP contribution is -2.54. The van der Waals surface area contributed by atoms with Gasteiger partial charge in [0.25, 0.3) is 5.56 Å². The molecule has 1 N–H and O–H groups in total. The zero-order chi connectivity index (χ0) is 18.8. The number of hydrogen-bond acceptors (Lipinski definition) is 4. The monoisotopic (exact) mass is 449 g/mol. The normalized spacial score (nSPS) is 34.3. The molecule has 1 amide bonds. The molecule has 7 heteroatoms. The van der Waals surface area contributed by atoms with Crippen molar-refractivity contribution in [3.63, 3.8) is 0 Å². The Balaban J connectivity index is 1.31. The number of rotatable bonds is 4. The van der Waals surface area contributed by atoms with Crippen LogP contribution in [0.1, 0.15) is 50.8 Å². The van der Waals surface area contributed by atoms with Crippen LogP contribution in [0.25, 0.3) is 10.2 Å². The zero-order valence-electron chi connectivity index (χ0n) is 15.5. The van der Waals surface area contributed by atoms with Gasteiger partial charge in [-0.3, -0.25) is 9.59 Å². The fourth-order valence-electron chi connectivity index (χ4n) is 6.31. The second kappa shape index (κ2) is 6.14. The van der Waals surface area contributed by atoms with Crippen LogP contribution in [0, 0.1) is 17.3 Å². The Kier molecular flexibility index (Phi) is 4.06. The topological polar surface area (TPSA) is 66.1 Å². The van der Waals surface area contributed by atoms with Gasteiger partial charge >= 0.3 is 0 Å². The summed E-state index contributed by atoms with van der Waals surface area (Å²) in [6.07, 6.45) is 8.06. The fourth-order valence-corrected chi connectivity index (χ4v) is 8.54. The van der Waals surface area contributed by atoms with E-state index in [1.54, 1.807) is 4.90 Å². The maximum Gasteiger partial charge on any atom is 0.268 e. The van der Waals surface area contributed by atoms with Crippen molar-refractivity contribution < 1.29 is 4.79 Å². The van der Waals surface area contributed by atoms with E-state index in [1.807, 2.05) is 18.5 Å². The molecule has 4 fully saturated rings. The first-order valence-corrected chi connectivity index (χ1v) is 11.4. The van der Waals surface area contributed by atoms with Gasteiger partial charge in [-0.05, 0) is 67.2 Å². The second-order valence-electron chi connectivity index (χ2n) is 9.19. The van der Waals surface area contributed by atoms with Crippen LogP contribution in [0.3, 0.4) is 0 Å². The quantitative estimate of drug-likeness (QED) is 0.715. The Bertz CT molecular complexity index is 954. The van der Waals surface area contributed by atoms with Crippen LogP contribution in [0.15, 0.2) is 16.2 Å². The first-order valence-electron chi connectivity index (χ1n) is 9.72. The van der Waals surface area contributed by atoms with Crippen molar-refractivity contribution in [2.45, 2.75) is 55.8 Å². The first-order chi connectivity index (χ1) is 12.8. The van der Waals surface area contributed by atoms with E-state index in [4.69, 9.17) is 0 Å².